The van der Waals surface area contributed by atoms with E-state index < -0.39 is 21.8 Å². The van der Waals surface area contributed by atoms with Crippen molar-refractivity contribution in [2.75, 3.05) is 40.6 Å². The van der Waals surface area contributed by atoms with Crippen molar-refractivity contribution < 1.29 is 31.6 Å². The summed E-state index contributed by atoms with van der Waals surface area (Å²) in [5.74, 6) is 0.577. The highest BCUT2D eigenvalue weighted by molar-refractivity contribution is 7.85. The van der Waals surface area contributed by atoms with Crippen LogP contribution in [0, 0.1) is 12.8 Å². The van der Waals surface area contributed by atoms with Crippen molar-refractivity contribution in [3.63, 3.8) is 0 Å². The number of rotatable bonds is 14. The quantitative estimate of drug-likeness (QED) is 0.230. The lowest BCUT2D eigenvalue weighted by Crippen LogP contribution is -2.77. The molecule has 0 spiro atoms. The van der Waals surface area contributed by atoms with Crippen LogP contribution in [0.25, 0.3) is 0 Å². The molecule has 9 nitrogen and oxygen atoms in total. The Morgan fingerprint density at radius 1 is 1.25 bits per heavy atom. The maximum absolute atomic E-state index is 13.2. The predicted octanol–water partition coefficient (Wildman–Crippen LogP) is 1.82. The zero-order chi connectivity index (χ0) is 23.4. The molecule has 32 heavy (non-hydrogen) atoms. The molecule has 1 aromatic heterocycles. The molecule has 10 heteroatoms. The summed E-state index contributed by atoms with van der Waals surface area (Å²) < 4.78 is 44.3. The van der Waals surface area contributed by atoms with E-state index in [1.807, 2.05) is 19.2 Å². The molecule has 0 radical (unpaired) electrons. The molecule has 1 aliphatic heterocycles. The first kappa shape index (κ1) is 25.0. The summed E-state index contributed by atoms with van der Waals surface area (Å²) in [7, 11) is -0.769. The third-order valence-electron chi connectivity index (χ3n) is 6.15. The van der Waals surface area contributed by atoms with Gasteiger partial charge in [0, 0.05) is 32.5 Å². The number of nitrogens with zero attached hydrogens (tertiary/aromatic N) is 2. The van der Waals surface area contributed by atoms with Crippen LogP contribution >= 0.6 is 0 Å². The Morgan fingerprint density at radius 3 is 2.62 bits per heavy atom. The van der Waals surface area contributed by atoms with Gasteiger partial charge in [-0.1, -0.05) is 19.3 Å². The summed E-state index contributed by atoms with van der Waals surface area (Å²) >= 11 is 0. The van der Waals surface area contributed by atoms with E-state index in [0.29, 0.717) is 5.69 Å². The molecule has 1 saturated heterocycles. The van der Waals surface area contributed by atoms with E-state index in [0.717, 1.165) is 30.6 Å². The molecule has 1 aromatic rings. The summed E-state index contributed by atoms with van der Waals surface area (Å²) in [5.41, 5.74) is 1.70. The number of aryl methyl sites for hydroxylation is 2. The van der Waals surface area contributed by atoms with Crippen LogP contribution in [-0.2, 0) is 46.1 Å². The van der Waals surface area contributed by atoms with Crippen molar-refractivity contribution in [1.29, 1.82) is 0 Å². The van der Waals surface area contributed by atoms with Crippen LogP contribution in [0.15, 0.2) is 12.3 Å². The maximum atomic E-state index is 13.2. The fourth-order valence-corrected chi connectivity index (χ4v) is 4.59. The SMILES string of the molecule is COCO[C@@]1(Cc2cc(CCCC3CC3)c(C)cn2)C(=O)N(COC)[C@H]1COS(C)(=O)=O. The van der Waals surface area contributed by atoms with Gasteiger partial charge < -0.3 is 19.1 Å². The van der Waals surface area contributed by atoms with Crippen molar-refractivity contribution in [1.82, 2.24) is 9.88 Å². The standard InChI is InChI=1S/C22H34N2O7S/c1-16-12-23-19(10-18(16)7-5-6-17-8-9-17)11-22(30-15-29-3)20(13-31-32(4,26)27)24(14-28-2)21(22)25/h10,12,17,20H,5-9,11,13-15H2,1-4H3/t20-,22+/m0/s1. The predicted molar refractivity (Wildman–Crippen MR) is 117 cm³/mol. The van der Waals surface area contributed by atoms with Crippen molar-refractivity contribution in [3.05, 3.63) is 29.1 Å². The van der Waals surface area contributed by atoms with E-state index in [2.05, 4.69) is 4.98 Å². The van der Waals surface area contributed by atoms with Crippen molar-refractivity contribution >= 4 is 16.0 Å². The smallest absolute Gasteiger partial charge is 0.264 e. The highest BCUT2D eigenvalue weighted by Gasteiger charge is 2.62. The minimum atomic E-state index is -3.70. The summed E-state index contributed by atoms with van der Waals surface area (Å²) in [6.07, 6.45) is 9.01. The zero-order valence-corrected chi connectivity index (χ0v) is 20.2. The van der Waals surface area contributed by atoms with Crippen LogP contribution in [0.1, 0.15) is 42.5 Å². The Balaban J connectivity index is 1.82. The minimum Gasteiger partial charge on any atom is -0.364 e. The summed E-state index contributed by atoms with van der Waals surface area (Å²) in [5, 5.41) is 0. The number of amides is 1. The van der Waals surface area contributed by atoms with Crippen LogP contribution < -0.4 is 0 Å². The number of carbonyl (C=O) groups is 1. The summed E-state index contributed by atoms with van der Waals surface area (Å²) in [6.45, 7) is 1.68. The van der Waals surface area contributed by atoms with Gasteiger partial charge >= 0.3 is 0 Å². The molecular weight excluding hydrogens is 436 g/mol. The molecular formula is C22H34N2O7S. The van der Waals surface area contributed by atoms with Crippen LogP contribution in [0.4, 0.5) is 0 Å². The Kier molecular flexibility index (Phi) is 8.26. The monoisotopic (exact) mass is 470 g/mol. The number of ether oxygens (including phenoxy) is 3. The van der Waals surface area contributed by atoms with Crippen molar-refractivity contribution in [3.8, 4) is 0 Å². The third kappa shape index (κ3) is 6.05. The van der Waals surface area contributed by atoms with E-state index in [9.17, 15) is 13.2 Å². The van der Waals surface area contributed by atoms with E-state index >= 15 is 0 Å². The van der Waals surface area contributed by atoms with Crippen molar-refractivity contribution in [2.24, 2.45) is 5.92 Å². The lowest BCUT2D eigenvalue weighted by atomic mass is 9.78. The largest absolute Gasteiger partial charge is 0.364 e. The first-order valence-corrected chi connectivity index (χ1v) is 12.7. The molecule has 1 saturated carbocycles. The number of hydrogen-bond acceptors (Lipinski definition) is 8. The molecule has 1 aliphatic carbocycles. The first-order chi connectivity index (χ1) is 15.2. The molecule has 2 fully saturated rings. The Morgan fingerprint density at radius 2 is 2.00 bits per heavy atom. The van der Waals surface area contributed by atoms with Crippen LogP contribution in [0.3, 0.4) is 0 Å². The van der Waals surface area contributed by atoms with Gasteiger partial charge in [0.2, 0.25) is 0 Å². The number of likely N-dealkylation sites (tertiary alicyclic amines) is 1. The Labute approximate surface area is 190 Å². The van der Waals surface area contributed by atoms with Crippen LogP contribution in [0.5, 0.6) is 0 Å². The second kappa shape index (κ2) is 10.6. The molecule has 1 amide bonds. The molecule has 0 N–H and O–H groups in total. The van der Waals surface area contributed by atoms with Gasteiger partial charge in [0.15, 0.2) is 5.60 Å². The van der Waals surface area contributed by atoms with Gasteiger partial charge in [-0.05, 0) is 42.9 Å². The van der Waals surface area contributed by atoms with E-state index in [-0.39, 0.29) is 32.5 Å². The molecule has 0 aromatic carbocycles. The Bertz CT molecular complexity index is 904. The molecule has 180 valence electrons. The number of β-lactam (4-membered cyclic amide) rings is 1. The van der Waals surface area contributed by atoms with E-state index in [1.54, 1.807) is 0 Å². The molecule has 3 rings (SSSR count). The second-order valence-electron chi connectivity index (χ2n) is 8.75. The number of pyridine rings is 1. The highest BCUT2D eigenvalue weighted by Crippen LogP contribution is 2.38. The average molecular weight is 471 g/mol. The number of aromatic nitrogens is 1. The molecule has 0 unspecified atom stereocenters. The Hall–Kier alpha value is -1.59. The van der Waals surface area contributed by atoms with Gasteiger partial charge in [-0.25, -0.2) is 0 Å². The average Bonchev–Trinajstić information content (AvgIpc) is 3.56. The van der Waals surface area contributed by atoms with Gasteiger partial charge in [-0.15, -0.1) is 0 Å². The fraction of sp³-hybridized carbons (Fsp3) is 0.727. The molecule has 0 bridgehead atoms. The fourth-order valence-electron chi connectivity index (χ4n) is 4.22. The van der Waals surface area contributed by atoms with E-state index in [4.69, 9.17) is 18.4 Å². The van der Waals surface area contributed by atoms with Gasteiger partial charge in [0.25, 0.3) is 16.0 Å². The lowest BCUT2D eigenvalue weighted by Gasteiger charge is -2.54. The van der Waals surface area contributed by atoms with Crippen molar-refractivity contribution in [2.45, 2.75) is 57.1 Å². The third-order valence-corrected chi connectivity index (χ3v) is 6.71. The topological polar surface area (TPSA) is 104 Å². The lowest BCUT2D eigenvalue weighted by molar-refractivity contribution is -0.236. The number of hydrogen-bond donors (Lipinski definition) is 0. The second-order valence-corrected chi connectivity index (χ2v) is 10.4. The zero-order valence-electron chi connectivity index (χ0n) is 19.3. The van der Waals surface area contributed by atoms with Crippen LogP contribution in [-0.4, -0.2) is 76.5 Å². The number of carbonyl (C=O) groups excluding carboxylic acids is 1. The molecule has 2 aliphatic rings. The first-order valence-electron chi connectivity index (χ1n) is 10.9. The van der Waals surface area contributed by atoms with Gasteiger partial charge in [0.05, 0.1) is 18.9 Å². The van der Waals surface area contributed by atoms with Gasteiger partial charge in [0.1, 0.15) is 13.5 Å². The minimum absolute atomic E-state index is 0.00244. The maximum Gasteiger partial charge on any atom is 0.264 e. The molecule has 2 atom stereocenters. The van der Waals surface area contributed by atoms with Gasteiger partial charge in [-0.2, -0.15) is 8.42 Å². The number of methoxy groups -OCH3 is 2. The van der Waals surface area contributed by atoms with Crippen LogP contribution in [0.2, 0.25) is 0 Å². The summed E-state index contributed by atoms with van der Waals surface area (Å²) in [4.78, 5) is 19.1. The molecule has 2 heterocycles. The van der Waals surface area contributed by atoms with Gasteiger partial charge in [-0.3, -0.25) is 14.0 Å². The van der Waals surface area contributed by atoms with E-state index in [1.165, 1.54) is 43.9 Å². The normalized spacial score (nSPS) is 23.4. The highest BCUT2D eigenvalue weighted by atomic mass is 32.2. The summed E-state index contributed by atoms with van der Waals surface area (Å²) in [6, 6.07) is 1.36.